The molecule has 0 aromatic carbocycles. The van der Waals surface area contributed by atoms with Crippen molar-refractivity contribution in [2.24, 2.45) is 27.6 Å². The van der Waals surface area contributed by atoms with E-state index in [1.165, 1.54) is 0 Å². The van der Waals surface area contributed by atoms with Gasteiger partial charge in [0.25, 0.3) is 0 Å². The lowest BCUT2D eigenvalue weighted by molar-refractivity contribution is -0.175. The van der Waals surface area contributed by atoms with Gasteiger partial charge in [0.05, 0.1) is 5.92 Å². The maximum atomic E-state index is 12.5. The zero-order valence-electron chi connectivity index (χ0n) is 16.8. The molecule has 0 aliphatic heterocycles. The first-order valence-corrected chi connectivity index (χ1v) is 9.04. The SMILES string of the molecule is CCC(CC)(C(C(=O)O)C(CC)(CC)C(C)(C)C)C(C)(C)C. The smallest absolute Gasteiger partial charge is 0.307 e. The monoisotopic (exact) mass is 312 g/mol. The molecule has 2 nitrogen and oxygen atoms in total. The summed E-state index contributed by atoms with van der Waals surface area (Å²) < 4.78 is 0. The van der Waals surface area contributed by atoms with E-state index in [1.807, 2.05) is 0 Å². The highest BCUT2D eigenvalue weighted by Gasteiger charge is 2.59. The summed E-state index contributed by atoms with van der Waals surface area (Å²) in [6.07, 6.45) is 3.62. The summed E-state index contributed by atoms with van der Waals surface area (Å²) in [4.78, 5) is 12.5. The summed E-state index contributed by atoms with van der Waals surface area (Å²) in [6, 6.07) is 0. The van der Waals surface area contributed by atoms with E-state index in [9.17, 15) is 9.90 Å². The van der Waals surface area contributed by atoms with Crippen LogP contribution in [0.25, 0.3) is 0 Å². The molecule has 1 N–H and O–H groups in total. The fraction of sp³-hybridized carbons (Fsp3) is 0.950. The van der Waals surface area contributed by atoms with Gasteiger partial charge in [-0.05, 0) is 47.3 Å². The number of carboxylic acids is 1. The van der Waals surface area contributed by atoms with E-state index in [-0.39, 0.29) is 27.6 Å². The molecule has 0 radical (unpaired) electrons. The van der Waals surface area contributed by atoms with Crippen LogP contribution in [0.1, 0.15) is 94.9 Å². The Morgan fingerprint density at radius 3 is 1.05 bits per heavy atom. The first kappa shape index (κ1) is 21.5. The Bertz CT molecular complexity index is 330. The topological polar surface area (TPSA) is 37.3 Å². The quantitative estimate of drug-likeness (QED) is 0.591. The van der Waals surface area contributed by atoms with Gasteiger partial charge in [-0.1, -0.05) is 69.2 Å². The number of hydrogen-bond acceptors (Lipinski definition) is 1. The van der Waals surface area contributed by atoms with Gasteiger partial charge in [-0.2, -0.15) is 0 Å². The van der Waals surface area contributed by atoms with Crippen LogP contribution in [0.4, 0.5) is 0 Å². The van der Waals surface area contributed by atoms with Crippen molar-refractivity contribution in [3.8, 4) is 0 Å². The molecule has 0 amide bonds. The second kappa shape index (κ2) is 6.93. The van der Waals surface area contributed by atoms with Crippen LogP contribution >= 0.6 is 0 Å². The van der Waals surface area contributed by atoms with Gasteiger partial charge in [0.15, 0.2) is 0 Å². The minimum atomic E-state index is -0.614. The molecule has 0 aliphatic rings. The Morgan fingerprint density at radius 1 is 0.727 bits per heavy atom. The van der Waals surface area contributed by atoms with Gasteiger partial charge in [0, 0.05) is 0 Å². The minimum absolute atomic E-state index is 0.0413. The molecular formula is C20H40O2. The number of rotatable bonds is 7. The molecule has 0 saturated carbocycles. The zero-order chi connectivity index (χ0) is 18.0. The second-order valence-corrected chi connectivity index (χ2v) is 9.00. The molecule has 22 heavy (non-hydrogen) atoms. The van der Waals surface area contributed by atoms with Crippen LogP contribution in [0.15, 0.2) is 0 Å². The molecular weight excluding hydrogens is 272 g/mol. The first-order chi connectivity index (χ1) is 9.81. The van der Waals surface area contributed by atoms with E-state index in [4.69, 9.17) is 0 Å². The Morgan fingerprint density at radius 2 is 0.955 bits per heavy atom. The molecule has 2 heteroatoms. The predicted octanol–water partition coefficient (Wildman–Crippen LogP) is 6.39. The summed E-state index contributed by atoms with van der Waals surface area (Å²) in [5, 5.41) is 10.3. The first-order valence-electron chi connectivity index (χ1n) is 9.04. The van der Waals surface area contributed by atoms with E-state index in [1.54, 1.807) is 0 Å². The lowest BCUT2D eigenvalue weighted by Crippen LogP contribution is -2.56. The van der Waals surface area contributed by atoms with E-state index < -0.39 is 5.97 Å². The normalized spacial score (nSPS) is 14.5. The largest absolute Gasteiger partial charge is 0.481 e. The Balaban J connectivity index is 6.60. The Labute approximate surface area is 139 Å². The molecule has 0 bridgehead atoms. The summed E-state index contributed by atoms with van der Waals surface area (Å²) in [7, 11) is 0. The third-order valence-electron chi connectivity index (χ3n) is 6.86. The van der Waals surface area contributed by atoms with Crippen molar-refractivity contribution in [3.05, 3.63) is 0 Å². The lowest BCUT2D eigenvalue weighted by atomic mass is 9.45. The van der Waals surface area contributed by atoms with Gasteiger partial charge in [0.1, 0.15) is 0 Å². The second-order valence-electron chi connectivity index (χ2n) is 9.00. The van der Waals surface area contributed by atoms with Crippen LogP contribution in [0.5, 0.6) is 0 Å². The van der Waals surface area contributed by atoms with Crippen molar-refractivity contribution in [2.45, 2.75) is 94.9 Å². The molecule has 0 saturated heterocycles. The molecule has 0 spiro atoms. The molecule has 0 aromatic rings. The van der Waals surface area contributed by atoms with Crippen molar-refractivity contribution < 1.29 is 9.90 Å². The summed E-state index contributed by atoms with van der Waals surface area (Å²) in [5.41, 5.74) is -0.475. The highest BCUT2D eigenvalue weighted by atomic mass is 16.4. The average Bonchev–Trinajstić information content (AvgIpc) is 2.36. The fourth-order valence-corrected chi connectivity index (χ4v) is 5.31. The van der Waals surface area contributed by atoms with Gasteiger partial charge >= 0.3 is 5.97 Å². The minimum Gasteiger partial charge on any atom is -0.481 e. The maximum Gasteiger partial charge on any atom is 0.307 e. The third kappa shape index (κ3) is 3.21. The molecule has 0 rings (SSSR count). The van der Waals surface area contributed by atoms with Crippen LogP contribution in [-0.4, -0.2) is 11.1 Å². The Hall–Kier alpha value is -0.530. The van der Waals surface area contributed by atoms with Crippen molar-refractivity contribution in [3.63, 3.8) is 0 Å². The van der Waals surface area contributed by atoms with Crippen molar-refractivity contribution in [1.29, 1.82) is 0 Å². The summed E-state index contributed by atoms with van der Waals surface area (Å²) >= 11 is 0. The van der Waals surface area contributed by atoms with Crippen LogP contribution in [-0.2, 0) is 4.79 Å². The molecule has 0 heterocycles. The van der Waals surface area contributed by atoms with E-state index in [2.05, 4.69) is 69.2 Å². The van der Waals surface area contributed by atoms with Crippen LogP contribution in [0.2, 0.25) is 0 Å². The van der Waals surface area contributed by atoms with Crippen LogP contribution in [0.3, 0.4) is 0 Å². The maximum absolute atomic E-state index is 12.5. The van der Waals surface area contributed by atoms with Crippen molar-refractivity contribution in [2.75, 3.05) is 0 Å². The summed E-state index contributed by atoms with van der Waals surface area (Å²) in [6.45, 7) is 22.0. The number of aliphatic carboxylic acids is 1. The van der Waals surface area contributed by atoms with E-state index in [0.717, 1.165) is 25.7 Å². The van der Waals surface area contributed by atoms with E-state index >= 15 is 0 Å². The van der Waals surface area contributed by atoms with Gasteiger partial charge in [-0.3, -0.25) is 4.79 Å². The number of carbonyl (C=O) groups is 1. The average molecular weight is 313 g/mol. The molecule has 0 fully saturated rings. The molecule has 0 aliphatic carbocycles. The van der Waals surface area contributed by atoms with Crippen molar-refractivity contribution in [1.82, 2.24) is 0 Å². The summed E-state index contributed by atoms with van der Waals surface area (Å²) in [5.74, 6) is -0.942. The van der Waals surface area contributed by atoms with Crippen LogP contribution in [0, 0.1) is 27.6 Å². The van der Waals surface area contributed by atoms with Crippen LogP contribution < -0.4 is 0 Å². The standard InChI is InChI=1S/C20H40O2/c1-11-19(12-2,17(5,6)7)15(16(21)22)20(13-3,14-4)18(8,9)10/h15H,11-14H2,1-10H3,(H,21,22). The van der Waals surface area contributed by atoms with Gasteiger partial charge in [0.2, 0.25) is 0 Å². The predicted molar refractivity (Wildman–Crippen MR) is 96.1 cm³/mol. The van der Waals surface area contributed by atoms with Gasteiger partial charge in [-0.25, -0.2) is 0 Å². The zero-order valence-corrected chi connectivity index (χ0v) is 16.8. The molecule has 132 valence electrons. The third-order valence-corrected chi connectivity index (χ3v) is 6.86. The van der Waals surface area contributed by atoms with Crippen molar-refractivity contribution >= 4 is 5.97 Å². The molecule has 0 aromatic heterocycles. The Kier molecular flexibility index (Phi) is 6.76. The molecule has 0 unspecified atom stereocenters. The molecule has 0 atom stereocenters. The van der Waals surface area contributed by atoms with Gasteiger partial charge in [-0.15, -0.1) is 0 Å². The highest BCUT2D eigenvalue weighted by Crippen LogP contribution is 2.62. The number of hydrogen-bond donors (Lipinski definition) is 1. The van der Waals surface area contributed by atoms with E-state index in [0.29, 0.717) is 0 Å². The fourth-order valence-electron chi connectivity index (χ4n) is 5.31. The lowest BCUT2D eigenvalue weighted by Gasteiger charge is -2.58. The van der Waals surface area contributed by atoms with Gasteiger partial charge < -0.3 is 5.11 Å². The highest BCUT2D eigenvalue weighted by molar-refractivity contribution is 5.72. The number of carboxylic acid groups (broad SMARTS) is 1.